The van der Waals surface area contributed by atoms with E-state index in [1.165, 1.54) is 22.6 Å². The molecule has 0 saturated heterocycles. The Bertz CT molecular complexity index is 300. The lowest BCUT2D eigenvalue weighted by atomic mass is 10.4. The second kappa shape index (κ2) is 3.95. The highest BCUT2D eigenvalue weighted by Gasteiger charge is 2.14. The first kappa shape index (κ1) is 9.60. The summed E-state index contributed by atoms with van der Waals surface area (Å²) in [6.45, 7) is 0. The molecule has 0 saturated carbocycles. The summed E-state index contributed by atoms with van der Waals surface area (Å²) in [5, 5.41) is 12.7. The van der Waals surface area contributed by atoms with Gasteiger partial charge in [0.25, 0.3) is 0 Å². The topological polar surface area (TPSA) is 55.1 Å². The average molecular weight is 251 g/mol. The van der Waals surface area contributed by atoms with Gasteiger partial charge in [-0.1, -0.05) is 0 Å². The van der Waals surface area contributed by atoms with Crippen LogP contribution in [0.1, 0.15) is 10.5 Å². The highest BCUT2D eigenvalue weighted by Crippen LogP contribution is 2.17. The number of carboxylic acid groups (broad SMARTS) is 1. The molecule has 0 spiro atoms. The van der Waals surface area contributed by atoms with E-state index in [1.807, 2.05) is 6.26 Å². The molecule has 12 heavy (non-hydrogen) atoms. The van der Waals surface area contributed by atoms with Crippen LogP contribution in [-0.2, 0) is 5.88 Å². The highest BCUT2D eigenvalue weighted by atomic mass is 79.9. The van der Waals surface area contributed by atoms with Crippen molar-refractivity contribution in [2.75, 3.05) is 6.26 Å². The lowest BCUT2D eigenvalue weighted by Gasteiger charge is -2.00. The Balaban J connectivity index is 3.04. The first-order chi connectivity index (χ1) is 5.66. The Morgan fingerprint density at radius 3 is 3.08 bits per heavy atom. The van der Waals surface area contributed by atoms with Gasteiger partial charge in [0, 0.05) is 0 Å². The van der Waals surface area contributed by atoms with Gasteiger partial charge in [0.2, 0.25) is 0 Å². The summed E-state index contributed by atoms with van der Waals surface area (Å²) in [7, 11) is 0. The molecule has 4 nitrogen and oxygen atoms in total. The minimum Gasteiger partial charge on any atom is -0.476 e. The third-order valence-electron chi connectivity index (χ3n) is 1.25. The number of halogens is 1. The van der Waals surface area contributed by atoms with Crippen LogP contribution in [0.25, 0.3) is 0 Å². The summed E-state index contributed by atoms with van der Waals surface area (Å²) in [5.74, 6) is -0.416. The zero-order chi connectivity index (χ0) is 9.14. The van der Waals surface area contributed by atoms with Crippen molar-refractivity contribution in [3.63, 3.8) is 0 Å². The van der Waals surface area contributed by atoms with Gasteiger partial charge in [-0.25, -0.2) is 9.48 Å². The number of thioether (sulfide) groups is 1. The minimum atomic E-state index is -0.964. The average Bonchev–Trinajstić information content (AvgIpc) is 2.32. The highest BCUT2D eigenvalue weighted by molar-refractivity contribution is 9.10. The number of aromatic carboxylic acids is 1. The van der Waals surface area contributed by atoms with E-state index in [0.29, 0.717) is 10.3 Å². The maximum atomic E-state index is 10.7. The van der Waals surface area contributed by atoms with E-state index < -0.39 is 5.97 Å². The van der Waals surface area contributed by atoms with E-state index in [0.717, 1.165) is 0 Å². The SMILES string of the molecule is CSCn1ncc(Br)c1C(=O)O. The number of aromatic nitrogens is 2. The number of hydrogen-bond donors (Lipinski definition) is 1. The van der Waals surface area contributed by atoms with Gasteiger partial charge < -0.3 is 5.11 Å². The number of hydrogen-bond acceptors (Lipinski definition) is 3. The Kier molecular flexibility index (Phi) is 3.16. The molecular weight excluding hydrogens is 244 g/mol. The van der Waals surface area contributed by atoms with E-state index in [4.69, 9.17) is 5.11 Å². The van der Waals surface area contributed by atoms with Gasteiger partial charge in [-0.3, -0.25) is 0 Å². The van der Waals surface area contributed by atoms with Crippen LogP contribution in [0.2, 0.25) is 0 Å². The lowest BCUT2D eigenvalue weighted by molar-refractivity contribution is 0.0683. The Labute approximate surface area is 82.1 Å². The predicted octanol–water partition coefficient (Wildman–Crippen LogP) is 1.66. The molecule has 0 aliphatic rings. The smallest absolute Gasteiger partial charge is 0.355 e. The Morgan fingerprint density at radius 1 is 1.92 bits per heavy atom. The summed E-state index contributed by atoms with van der Waals surface area (Å²) < 4.78 is 1.96. The molecule has 0 aliphatic heterocycles. The molecule has 1 heterocycles. The third kappa shape index (κ3) is 1.81. The molecule has 0 amide bonds. The Morgan fingerprint density at radius 2 is 2.58 bits per heavy atom. The van der Waals surface area contributed by atoms with E-state index in [-0.39, 0.29) is 5.69 Å². The fourth-order valence-corrected chi connectivity index (χ4v) is 1.70. The van der Waals surface area contributed by atoms with Crippen molar-refractivity contribution in [1.82, 2.24) is 9.78 Å². The number of rotatable bonds is 3. The molecule has 1 aromatic rings. The number of carboxylic acids is 1. The summed E-state index contributed by atoms with van der Waals surface area (Å²) >= 11 is 4.63. The lowest BCUT2D eigenvalue weighted by Crippen LogP contribution is -2.08. The normalized spacial score (nSPS) is 10.2. The zero-order valence-corrected chi connectivity index (χ0v) is 8.72. The van der Waals surface area contributed by atoms with Crippen molar-refractivity contribution in [3.8, 4) is 0 Å². The molecule has 0 fully saturated rings. The molecule has 0 unspecified atom stereocenters. The summed E-state index contributed by atoms with van der Waals surface area (Å²) in [4.78, 5) is 10.7. The van der Waals surface area contributed by atoms with Gasteiger partial charge in [0.15, 0.2) is 5.69 Å². The summed E-state index contributed by atoms with van der Waals surface area (Å²) in [6.07, 6.45) is 3.38. The van der Waals surface area contributed by atoms with E-state index in [1.54, 1.807) is 0 Å². The molecule has 1 aromatic heterocycles. The second-order valence-corrected chi connectivity index (χ2v) is 3.75. The van der Waals surface area contributed by atoms with Crippen LogP contribution in [0.4, 0.5) is 0 Å². The standard InChI is InChI=1S/C6H7BrN2O2S/c1-12-3-9-5(6(10)11)4(7)2-8-9/h2H,3H2,1H3,(H,10,11). The van der Waals surface area contributed by atoms with Crippen molar-refractivity contribution in [3.05, 3.63) is 16.4 Å². The Hall–Kier alpha value is -0.490. The molecule has 0 atom stereocenters. The summed E-state index contributed by atoms with van der Waals surface area (Å²) in [6, 6.07) is 0. The number of carbonyl (C=O) groups is 1. The van der Waals surface area contributed by atoms with Crippen LogP contribution in [-0.4, -0.2) is 27.1 Å². The zero-order valence-electron chi connectivity index (χ0n) is 6.32. The largest absolute Gasteiger partial charge is 0.476 e. The molecule has 0 aliphatic carbocycles. The third-order valence-corrected chi connectivity index (χ3v) is 2.33. The predicted molar refractivity (Wildman–Crippen MR) is 50.4 cm³/mol. The van der Waals surface area contributed by atoms with Gasteiger partial charge in [-0.15, -0.1) is 11.8 Å². The molecule has 0 bridgehead atoms. The quantitative estimate of drug-likeness (QED) is 0.887. The first-order valence-electron chi connectivity index (χ1n) is 3.10. The van der Waals surface area contributed by atoms with Crippen LogP contribution in [0, 0.1) is 0 Å². The van der Waals surface area contributed by atoms with Crippen LogP contribution in [0.3, 0.4) is 0 Å². The number of nitrogens with zero attached hydrogens (tertiary/aromatic N) is 2. The fraction of sp³-hybridized carbons (Fsp3) is 0.333. The van der Waals surface area contributed by atoms with Crippen LogP contribution < -0.4 is 0 Å². The second-order valence-electron chi connectivity index (χ2n) is 2.06. The van der Waals surface area contributed by atoms with Crippen LogP contribution >= 0.6 is 27.7 Å². The molecular formula is C6H7BrN2O2S. The van der Waals surface area contributed by atoms with Gasteiger partial charge in [0.1, 0.15) is 0 Å². The molecule has 1 rings (SSSR count). The van der Waals surface area contributed by atoms with Crippen molar-refractivity contribution in [2.24, 2.45) is 0 Å². The van der Waals surface area contributed by atoms with Crippen molar-refractivity contribution >= 4 is 33.7 Å². The van der Waals surface area contributed by atoms with Crippen molar-refractivity contribution in [1.29, 1.82) is 0 Å². The molecule has 0 radical (unpaired) electrons. The van der Waals surface area contributed by atoms with Gasteiger partial charge in [-0.2, -0.15) is 5.10 Å². The minimum absolute atomic E-state index is 0.198. The van der Waals surface area contributed by atoms with Crippen molar-refractivity contribution in [2.45, 2.75) is 5.88 Å². The monoisotopic (exact) mass is 250 g/mol. The van der Waals surface area contributed by atoms with Gasteiger partial charge >= 0.3 is 5.97 Å². The van der Waals surface area contributed by atoms with Crippen LogP contribution in [0.15, 0.2) is 10.7 Å². The van der Waals surface area contributed by atoms with Crippen molar-refractivity contribution < 1.29 is 9.90 Å². The maximum absolute atomic E-state index is 10.7. The fourth-order valence-electron chi connectivity index (χ4n) is 0.795. The molecule has 0 aromatic carbocycles. The van der Waals surface area contributed by atoms with E-state index in [9.17, 15) is 4.79 Å². The molecule has 1 N–H and O–H groups in total. The molecule has 6 heteroatoms. The first-order valence-corrected chi connectivity index (χ1v) is 5.29. The molecule has 66 valence electrons. The van der Waals surface area contributed by atoms with E-state index >= 15 is 0 Å². The summed E-state index contributed by atoms with van der Waals surface area (Å²) in [5.41, 5.74) is 0.198. The van der Waals surface area contributed by atoms with E-state index in [2.05, 4.69) is 21.0 Å². The van der Waals surface area contributed by atoms with Crippen LogP contribution in [0.5, 0.6) is 0 Å². The van der Waals surface area contributed by atoms with Gasteiger partial charge in [-0.05, 0) is 22.2 Å². The maximum Gasteiger partial charge on any atom is 0.355 e. The van der Waals surface area contributed by atoms with Gasteiger partial charge in [0.05, 0.1) is 16.5 Å².